The number of carbonyl (C=O) groups excluding carboxylic acids is 2. The number of fused-ring (bicyclic) bond motifs is 5. The first-order valence-electron chi connectivity index (χ1n) is 29.8. The second-order valence-electron chi connectivity index (χ2n) is 24.5. The van der Waals surface area contributed by atoms with Crippen LogP contribution >= 0.6 is 0 Å². The molecular formula is C61H112N2O4. The molecule has 4 aliphatic carbocycles. The number of likely N-dealkylation sites (N-methyl/N-ethyl adjacent to an activating group) is 1. The SMILES string of the molecule is CCCCCCCCC(CCCCCCCC)OC(=O)CCCCCCN(CCCCCC(=O)OC1CCC2(C)C(=CCC3C2CCC2(C)C(C(C)CCCC(C)C)CCC32)C1)CCN(C)C. The van der Waals surface area contributed by atoms with Gasteiger partial charge in [-0.3, -0.25) is 9.59 Å². The molecule has 0 aromatic carbocycles. The zero-order chi connectivity index (χ0) is 48.5. The minimum Gasteiger partial charge on any atom is -0.462 e. The zero-order valence-electron chi connectivity index (χ0n) is 46.1. The van der Waals surface area contributed by atoms with Crippen molar-refractivity contribution in [3.8, 4) is 0 Å². The van der Waals surface area contributed by atoms with Crippen molar-refractivity contribution >= 4 is 11.9 Å². The molecule has 3 saturated carbocycles. The van der Waals surface area contributed by atoms with E-state index in [0.29, 0.717) is 23.7 Å². The minimum absolute atomic E-state index is 0.0234. The first kappa shape index (κ1) is 58.2. The fraction of sp³-hybridized carbons (Fsp3) is 0.934. The van der Waals surface area contributed by atoms with Crippen molar-refractivity contribution in [2.45, 2.75) is 279 Å². The number of rotatable bonds is 37. The van der Waals surface area contributed by atoms with Crippen LogP contribution in [0.1, 0.15) is 267 Å². The fourth-order valence-electron chi connectivity index (χ4n) is 14.2. The van der Waals surface area contributed by atoms with Gasteiger partial charge in [-0.1, -0.05) is 163 Å². The molecule has 67 heavy (non-hydrogen) atoms. The van der Waals surface area contributed by atoms with Gasteiger partial charge in [-0.05, 0) is 170 Å². The van der Waals surface area contributed by atoms with E-state index in [1.54, 1.807) is 5.57 Å². The van der Waals surface area contributed by atoms with E-state index in [9.17, 15) is 9.59 Å². The van der Waals surface area contributed by atoms with Gasteiger partial charge in [0.1, 0.15) is 12.2 Å². The normalized spacial score (nSPS) is 26.5. The Bertz CT molecular complexity index is 1360. The van der Waals surface area contributed by atoms with E-state index in [0.717, 1.165) is 126 Å². The third-order valence-electron chi connectivity index (χ3n) is 18.4. The minimum atomic E-state index is 0.0234. The highest BCUT2D eigenvalue weighted by Crippen LogP contribution is 2.67. The van der Waals surface area contributed by atoms with Gasteiger partial charge in [0.15, 0.2) is 0 Å². The summed E-state index contributed by atoms with van der Waals surface area (Å²) >= 11 is 0. The average Bonchev–Trinajstić information content (AvgIpc) is 3.65. The first-order chi connectivity index (χ1) is 32.3. The van der Waals surface area contributed by atoms with E-state index in [4.69, 9.17) is 9.47 Å². The van der Waals surface area contributed by atoms with Crippen LogP contribution < -0.4 is 0 Å². The summed E-state index contributed by atoms with van der Waals surface area (Å²) in [7, 11) is 4.32. The molecule has 0 radical (unpaired) electrons. The van der Waals surface area contributed by atoms with Gasteiger partial charge < -0.3 is 19.3 Å². The molecule has 0 N–H and O–H groups in total. The molecule has 0 heterocycles. The van der Waals surface area contributed by atoms with Crippen molar-refractivity contribution in [3.63, 3.8) is 0 Å². The zero-order valence-corrected chi connectivity index (χ0v) is 46.1. The monoisotopic (exact) mass is 937 g/mol. The number of esters is 2. The quantitative estimate of drug-likeness (QED) is 0.0351. The molecule has 0 spiro atoms. The first-order valence-corrected chi connectivity index (χ1v) is 29.8. The summed E-state index contributed by atoms with van der Waals surface area (Å²) in [5.74, 6) is 5.18. The Morgan fingerprint density at radius 2 is 1.22 bits per heavy atom. The predicted molar refractivity (Wildman–Crippen MR) is 285 cm³/mol. The number of ether oxygens (including phenoxy) is 2. The fourth-order valence-corrected chi connectivity index (χ4v) is 14.2. The highest BCUT2D eigenvalue weighted by molar-refractivity contribution is 5.69. The van der Waals surface area contributed by atoms with E-state index < -0.39 is 0 Å². The van der Waals surface area contributed by atoms with Crippen LogP contribution in [0.3, 0.4) is 0 Å². The highest BCUT2D eigenvalue weighted by atomic mass is 16.5. The number of carbonyl (C=O) groups is 2. The average molecular weight is 938 g/mol. The summed E-state index contributed by atoms with van der Waals surface area (Å²) in [5, 5.41) is 0. The van der Waals surface area contributed by atoms with Crippen LogP contribution in [0.4, 0.5) is 0 Å². The predicted octanol–water partition coefficient (Wildman–Crippen LogP) is 16.7. The number of nitrogens with zero attached hydrogens (tertiary/aromatic N) is 2. The Morgan fingerprint density at radius 3 is 1.87 bits per heavy atom. The van der Waals surface area contributed by atoms with Crippen LogP contribution in [0.25, 0.3) is 0 Å². The smallest absolute Gasteiger partial charge is 0.306 e. The second-order valence-corrected chi connectivity index (χ2v) is 24.5. The summed E-state index contributed by atoms with van der Waals surface area (Å²) in [4.78, 5) is 31.0. The van der Waals surface area contributed by atoms with Gasteiger partial charge in [0, 0.05) is 32.4 Å². The molecular weight excluding hydrogens is 825 g/mol. The molecule has 8 atom stereocenters. The number of unbranched alkanes of at least 4 members (excludes halogenated alkanes) is 15. The van der Waals surface area contributed by atoms with Crippen molar-refractivity contribution < 1.29 is 19.1 Å². The lowest BCUT2D eigenvalue weighted by molar-refractivity contribution is -0.152. The summed E-state index contributed by atoms with van der Waals surface area (Å²) < 4.78 is 12.4. The molecule has 8 unspecified atom stereocenters. The number of hydrogen-bond acceptors (Lipinski definition) is 6. The van der Waals surface area contributed by atoms with Crippen LogP contribution in [0.15, 0.2) is 11.6 Å². The topological polar surface area (TPSA) is 59.1 Å². The molecule has 0 amide bonds. The van der Waals surface area contributed by atoms with Crippen molar-refractivity contribution in [3.05, 3.63) is 11.6 Å². The third-order valence-corrected chi connectivity index (χ3v) is 18.4. The van der Waals surface area contributed by atoms with E-state index in [1.807, 2.05) is 0 Å². The van der Waals surface area contributed by atoms with Crippen molar-refractivity contribution in [2.24, 2.45) is 46.3 Å². The van der Waals surface area contributed by atoms with Gasteiger partial charge in [-0.2, -0.15) is 0 Å². The molecule has 390 valence electrons. The van der Waals surface area contributed by atoms with E-state index >= 15 is 0 Å². The van der Waals surface area contributed by atoms with Crippen molar-refractivity contribution in [1.29, 1.82) is 0 Å². The maximum Gasteiger partial charge on any atom is 0.306 e. The van der Waals surface area contributed by atoms with E-state index in [2.05, 4.69) is 78.4 Å². The summed E-state index contributed by atoms with van der Waals surface area (Å²) in [6.07, 6.45) is 43.3. The Kier molecular flexibility index (Phi) is 27.6. The van der Waals surface area contributed by atoms with Crippen LogP contribution in [-0.4, -0.2) is 74.2 Å². The van der Waals surface area contributed by atoms with Gasteiger partial charge in [0.05, 0.1) is 0 Å². The number of allylic oxidation sites excluding steroid dienone is 1. The maximum atomic E-state index is 13.2. The molecule has 6 nitrogen and oxygen atoms in total. The van der Waals surface area contributed by atoms with E-state index in [-0.39, 0.29) is 24.1 Å². The van der Waals surface area contributed by atoms with Crippen LogP contribution in [0, 0.1) is 46.3 Å². The maximum absolute atomic E-state index is 13.2. The molecule has 6 heteroatoms. The van der Waals surface area contributed by atoms with Crippen LogP contribution in [0.2, 0.25) is 0 Å². The Balaban J connectivity index is 1.10. The van der Waals surface area contributed by atoms with Crippen molar-refractivity contribution in [2.75, 3.05) is 40.3 Å². The molecule has 4 aliphatic rings. The number of hydrogen-bond donors (Lipinski definition) is 0. The van der Waals surface area contributed by atoms with Gasteiger partial charge in [-0.25, -0.2) is 0 Å². The lowest BCUT2D eigenvalue weighted by Crippen LogP contribution is -2.51. The lowest BCUT2D eigenvalue weighted by atomic mass is 9.47. The molecule has 3 fully saturated rings. The molecule has 0 aromatic heterocycles. The van der Waals surface area contributed by atoms with Gasteiger partial charge in [-0.15, -0.1) is 0 Å². The molecule has 0 bridgehead atoms. The van der Waals surface area contributed by atoms with Gasteiger partial charge in [0.2, 0.25) is 0 Å². The summed E-state index contributed by atoms with van der Waals surface area (Å²) in [5.41, 5.74) is 2.45. The molecule has 0 aliphatic heterocycles. The largest absolute Gasteiger partial charge is 0.462 e. The Hall–Kier alpha value is -1.40. The molecule has 4 rings (SSSR count). The van der Waals surface area contributed by atoms with E-state index in [1.165, 1.54) is 141 Å². The lowest BCUT2D eigenvalue weighted by Gasteiger charge is -2.58. The summed E-state index contributed by atoms with van der Waals surface area (Å²) in [6, 6.07) is 0. The van der Waals surface area contributed by atoms with Crippen molar-refractivity contribution in [1.82, 2.24) is 9.80 Å². The van der Waals surface area contributed by atoms with Crippen LogP contribution in [0.5, 0.6) is 0 Å². The third kappa shape index (κ3) is 20.0. The Labute approximate surface area is 416 Å². The summed E-state index contributed by atoms with van der Waals surface area (Å²) in [6.45, 7) is 21.5. The molecule has 0 aromatic rings. The Morgan fingerprint density at radius 1 is 0.627 bits per heavy atom. The van der Waals surface area contributed by atoms with Crippen LogP contribution in [-0.2, 0) is 19.1 Å². The van der Waals surface area contributed by atoms with Gasteiger partial charge in [0.25, 0.3) is 0 Å². The molecule has 0 saturated heterocycles. The van der Waals surface area contributed by atoms with Gasteiger partial charge >= 0.3 is 11.9 Å². The standard InChI is InChI=1S/C61H112N2O4/c1-10-12-14-16-18-23-32-52(33-24-19-17-15-13-11-2)66-58(64)34-25-20-21-27-44-63(47-46-62(8)9)45-28-22-26-35-59(65)67-53-40-42-60(6)51(48-53)36-37-54-56-39-38-55(50(5)31-29-30-49(3)4)61(56,7)43-41-57(54)60/h36,49-50,52-57H,10-35,37-48H2,1-9H3. The highest BCUT2D eigenvalue weighted by Gasteiger charge is 2.59. The second kappa shape index (κ2) is 31.8.